The van der Waals surface area contributed by atoms with Gasteiger partial charge in [0.1, 0.15) is 0 Å². The number of piperidine rings is 1. The van der Waals surface area contributed by atoms with Crippen LogP contribution in [0.1, 0.15) is 18.9 Å². The van der Waals surface area contributed by atoms with Gasteiger partial charge in [-0.3, -0.25) is 4.68 Å². The second kappa shape index (κ2) is 5.57. The lowest BCUT2D eigenvalue weighted by molar-refractivity contribution is 0.367. The van der Waals surface area contributed by atoms with Crippen molar-refractivity contribution in [3.63, 3.8) is 0 Å². The molecule has 3 rings (SSSR count). The quantitative estimate of drug-likeness (QED) is 0.857. The fourth-order valence-electron chi connectivity index (χ4n) is 2.85. The summed E-state index contributed by atoms with van der Waals surface area (Å²) >= 11 is 0. The Morgan fingerprint density at radius 1 is 1.15 bits per heavy atom. The second-order valence-electron chi connectivity index (χ2n) is 5.62. The predicted molar refractivity (Wildman–Crippen MR) is 83.5 cm³/mol. The minimum atomic E-state index is 0.554. The predicted octanol–water partition coefficient (Wildman–Crippen LogP) is 2.79. The molecule has 1 aliphatic heterocycles. The van der Waals surface area contributed by atoms with Gasteiger partial charge in [-0.2, -0.15) is 5.10 Å². The van der Waals surface area contributed by atoms with Crippen LogP contribution in [0.3, 0.4) is 0 Å². The average Bonchev–Trinajstić information content (AvgIpc) is 3.02. The summed E-state index contributed by atoms with van der Waals surface area (Å²) in [6.45, 7) is 2.20. The number of rotatable bonds is 3. The molecule has 1 aliphatic rings. The third-order valence-corrected chi connectivity index (χ3v) is 4.07. The Bertz CT molecular complexity index is 539. The SMILES string of the molecule is CN(C)c1cccc(N2CCC(n3cccn3)CC2)c1. The lowest BCUT2D eigenvalue weighted by atomic mass is 10.0. The zero-order valence-electron chi connectivity index (χ0n) is 12.2. The molecule has 0 atom stereocenters. The lowest BCUT2D eigenvalue weighted by Gasteiger charge is -2.34. The van der Waals surface area contributed by atoms with Gasteiger partial charge in [0.15, 0.2) is 0 Å². The average molecular weight is 270 g/mol. The summed E-state index contributed by atoms with van der Waals surface area (Å²) in [5.41, 5.74) is 2.59. The summed E-state index contributed by atoms with van der Waals surface area (Å²) in [7, 11) is 4.17. The molecule has 0 N–H and O–H groups in total. The van der Waals surface area contributed by atoms with Crippen molar-refractivity contribution < 1.29 is 0 Å². The highest BCUT2D eigenvalue weighted by Crippen LogP contribution is 2.28. The fraction of sp³-hybridized carbons (Fsp3) is 0.438. The molecule has 1 fully saturated rings. The van der Waals surface area contributed by atoms with Gasteiger partial charge in [0.25, 0.3) is 0 Å². The molecule has 0 aliphatic carbocycles. The van der Waals surface area contributed by atoms with Crippen molar-refractivity contribution in [2.45, 2.75) is 18.9 Å². The van der Waals surface area contributed by atoms with Crippen LogP contribution in [0.15, 0.2) is 42.7 Å². The molecular formula is C16H22N4. The van der Waals surface area contributed by atoms with Gasteiger partial charge in [-0.05, 0) is 37.1 Å². The summed E-state index contributed by atoms with van der Waals surface area (Å²) in [4.78, 5) is 4.63. The number of nitrogens with zero attached hydrogens (tertiary/aromatic N) is 4. The summed E-state index contributed by atoms with van der Waals surface area (Å²) in [5, 5.41) is 4.37. The minimum Gasteiger partial charge on any atom is -0.378 e. The van der Waals surface area contributed by atoms with E-state index in [1.54, 1.807) is 0 Å². The van der Waals surface area contributed by atoms with Crippen LogP contribution >= 0.6 is 0 Å². The number of hydrogen-bond acceptors (Lipinski definition) is 3. The van der Waals surface area contributed by atoms with Crippen molar-refractivity contribution in [1.82, 2.24) is 9.78 Å². The Balaban J connectivity index is 1.67. The van der Waals surface area contributed by atoms with E-state index in [-0.39, 0.29) is 0 Å². The Labute approximate surface area is 120 Å². The first-order valence-corrected chi connectivity index (χ1v) is 7.25. The van der Waals surface area contributed by atoms with E-state index >= 15 is 0 Å². The highest BCUT2D eigenvalue weighted by atomic mass is 15.3. The van der Waals surface area contributed by atoms with Crippen LogP contribution in [-0.4, -0.2) is 37.0 Å². The molecular weight excluding hydrogens is 248 g/mol. The third-order valence-electron chi connectivity index (χ3n) is 4.07. The molecule has 20 heavy (non-hydrogen) atoms. The Morgan fingerprint density at radius 2 is 1.95 bits per heavy atom. The molecule has 2 heterocycles. The maximum absolute atomic E-state index is 4.37. The Kier molecular flexibility index (Phi) is 3.63. The lowest BCUT2D eigenvalue weighted by Crippen LogP contribution is -2.34. The van der Waals surface area contributed by atoms with Gasteiger partial charge in [-0.25, -0.2) is 0 Å². The van der Waals surface area contributed by atoms with E-state index < -0.39 is 0 Å². The molecule has 0 saturated carbocycles. The first-order valence-electron chi connectivity index (χ1n) is 7.25. The molecule has 106 valence electrons. The van der Waals surface area contributed by atoms with Crippen LogP contribution in [0.25, 0.3) is 0 Å². The van der Waals surface area contributed by atoms with E-state index in [9.17, 15) is 0 Å². The van der Waals surface area contributed by atoms with Gasteiger partial charge >= 0.3 is 0 Å². The first kappa shape index (κ1) is 13.0. The van der Waals surface area contributed by atoms with Crippen LogP contribution < -0.4 is 9.80 Å². The number of anilines is 2. The van der Waals surface area contributed by atoms with Gasteiger partial charge in [-0.15, -0.1) is 0 Å². The van der Waals surface area contributed by atoms with Gasteiger partial charge in [0.2, 0.25) is 0 Å². The maximum atomic E-state index is 4.37. The van der Waals surface area contributed by atoms with Crippen LogP contribution in [0, 0.1) is 0 Å². The van der Waals surface area contributed by atoms with Crippen LogP contribution in [-0.2, 0) is 0 Å². The molecule has 4 heteroatoms. The van der Waals surface area contributed by atoms with E-state index in [1.165, 1.54) is 11.4 Å². The Morgan fingerprint density at radius 3 is 2.60 bits per heavy atom. The van der Waals surface area contributed by atoms with Gasteiger partial charge in [0, 0.05) is 51.0 Å². The molecule has 0 spiro atoms. The van der Waals surface area contributed by atoms with Crippen LogP contribution in [0.5, 0.6) is 0 Å². The van der Waals surface area contributed by atoms with Crippen LogP contribution in [0.2, 0.25) is 0 Å². The van der Waals surface area contributed by atoms with E-state index in [1.807, 2.05) is 12.3 Å². The zero-order chi connectivity index (χ0) is 13.9. The molecule has 0 bridgehead atoms. The standard InChI is InChI=1S/C16H22N4/c1-18(2)15-5-3-6-16(13-15)19-11-7-14(8-12-19)20-10-4-9-17-20/h3-6,9-10,13-14H,7-8,11-12H2,1-2H3. The highest BCUT2D eigenvalue weighted by molar-refractivity contribution is 5.59. The topological polar surface area (TPSA) is 24.3 Å². The molecule has 1 saturated heterocycles. The minimum absolute atomic E-state index is 0.554. The molecule has 0 unspecified atom stereocenters. The first-order chi connectivity index (χ1) is 9.74. The number of benzene rings is 1. The monoisotopic (exact) mass is 270 g/mol. The number of aromatic nitrogens is 2. The van der Waals surface area contributed by atoms with Crippen molar-refractivity contribution in [2.24, 2.45) is 0 Å². The zero-order valence-corrected chi connectivity index (χ0v) is 12.2. The molecule has 1 aromatic heterocycles. The van der Waals surface area contributed by atoms with Crippen molar-refractivity contribution in [3.8, 4) is 0 Å². The highest BCUT2D eigenvalue weighted by Gasteiger charge is 2.20. The van der Waals surface area contributed by atoms with Crippen LogP contribution in [0.4, 0.5) is 11.4 Å². The van der Waals surface area contributed by atoms with Gasteiger partial charge < -0.3 is 9.80 Å². The van der Waals surface area contributed by atoms with Crippen molar-refractivity contribution in [1.29, 1.82) is 0 Å². The van der Waals surface area contributed by atoms with Gasteiger partial charge in [-0.1, -0.05) is 6.07 Å². The van der Waals surface area contributed by atoms with Crippen molar-refractivity contribution >= 4 is 11.4 Å². The van der Waals surface area contributed by atoms with Crippen molar-refractivity contribution in [3.05, 3.63) is 42.7 Å². The van der Waals surface area contributed by atoms with Crippen molar-refractivity contribution in [2.75, 3.05) is 37.0 Å². The fourth-order valence-corrected chi connectivity index (χ4v) is 2.85. The second-order valence-corrected chi connectivity index (χ2v) is 5.62. The molecule has 0 amide bonds. The summed E-state index contributed by atoms with van der Waals surface area (Å²) in [6.07, 6.45) is 6.27. The molecule has 0 radical (unpaired) electrons. The largest absolute Gasteiger partial charge is 0.378 e. The molecule has 1 aromatic carbocycles. The normalized spacial score (nSPS) is 16.4. The summed E-state index contributed by atoms with van der Waals surface area (Å²) < 4.78 is 2.10. The summed E-state index contributed by atoms with van der Waals surface area (Å²) in [5.74, 6) is 0. The van der Waals surface area contributed by atoms with E-state index in [2.05, 4.69) is 64.1 Å². The molecule has 2 aromatic rings. The molecule has 4 nitrogen and oxygen atoms in total. The smallest absolute Gasteiger partial charge is 0.0552 e. The third kappa shape index (κ3) is 2.64. The summed E-state index contributed by atoms with van der Waals surface area (Å²) in [6, 6.07) is 11.3. The van der Waals surface area contributed by atoms with Gasteiger partial charge in [0.05, 0.1) is 6.04 Å². The Hall–Kier alpha value is -1.97. The maximum Gasteiger partial charge on any atom is 0.0552 e. The van der Waals surface area contributed by atoms with E-state index in [0.717, 1.165) is 25.9 Å². The van der Waals surface area contributed by atoms with E-state index in [4.69, 9.17) is 0 Å². The van der Waals surface area contributed by atoms with E-state index in [0.29, 0.717) is 6.04 Å². The number of hydrogen-bond donors (Lipinski definition) is 0.